The fraction of sp³-hybridized carbons (Fsp3) is 0.364. The summed E-state index contributed by atoms with van der Waals surface area (Å²) in [4.78, 5) is 43.9. The van der Waals surface area contributed by atoms with Gasteiger partial charge in [-0.1, -0.05) is 24.3 Å². The molecule has 2 aromatic carbocycles. The van der Waals surface area contributed by atoms with Crippen LogP contribution < -0.4 is 21.7 Å². The molecule has 47 heavy (non-hydrogen) atoms. The number of aliphatic imine (C=N–C) groups is 2. The molecule has 0 aliphatic carbocycles. The number of furan rings is 1. The zero-order chi connectivity index (χ0) is 34.2. The highest BCUT2D eigenvalue weighted by atomic mass is 16.6. The molecular weight excluding hydrogens is 608 g/mol. The van der Waals surface area contributed by atoms with Crippen LogP contribution >= 0.6 is 0 Å². The largest absolute Gasteiger partial charge is 0.465 e. The lowest BCUT2D eigenvalue weighted by atomic mass is 9.92. The Morgan fingerprint density at radius 3 is 2.00 bits per heavy atom. The Bertz CT molecular complexity index is 1650. The first kappa shape index (κ1) is 34.7. The molecule has 14 nitrogen and oxygen atoms in total. The molecule has 0 saturated carbocycles. The van der Waals surface area contributed by atoms with Gasteiger partial charge in [0.1, 0.15) is 41.6 Å². The van der Waals surface area contributed by atoms with Crippen LogP contribution in [-0.2, 0) is 25.3 Å². The van der Waals surface area contributed by atoms with Gasteiger partial charge in [0, 0.05) is 11.4 Å². The predicted molar refractivity (Wildman–Crippen MR) is 176 cm³/mol. The van der Waals surface area contributed by atoms with Gasteiger partial charge in [0.15, 0.2) is 5.76 Å². The molecule has 0 fully saturated rings. The van der Waals surface area contributed by atoms with Gasteiger partial charge in [-0.2, -0.15) is 0 Å². The average molecular weight is 649 g/mol. The Kier molecular flexibility index (Phi) is 10.7. The lowest BCUT2D eigenvalue weighted by Gasteiger charge is -2.31. The van der Waals surface area contributed by atoms with Crippen molar-refractivity contribution in [3.63, 3.8) is 0 Å². The summed E-state index contributed by atoms with van der Waals surface area (Å²) in [6.07, 6.45) is -0.280. The smallest absolute Gasteiger partial charge is 0.413 e. The van der Waals surface area contributed by atoms with Crippen LogP contribution in [-0.4, -0.2) is 66.9 Å². The summed E-state index contributed by atoms with van der Waals surface area (Å²) >= 11 is 0. The van der Waals surface area contributed by atoms with Crippen LogP contribution in [0.15, 0.2) is 81.3 Å². The number of nitrogens with zero attached hydrogens (tertiary/aromatic N) is 2. The number of ether oxygens (including phenoxy) is 3. The van der Waals surface area contributed by atoms with Crippen LogP contribution in [0.25, 0.3) is 0 Å². The average Bonchev–Trinajstić information content (AvgIpc) is 3.52. The zero-order valence-corrected chi connectivity index (χ0v) is 27.0. The molecule has 1 aromatic heterocycles. The number of amidine groups is 2. The third-order valence-corrected chi connectivity index (χ3v) is 6.90. The topological polar surface area (TPSA) is 199 Å². The van der Waals surface area contributed by atoms with Gasteiger partial charge >= 0.3 is 12.2 Å². The number of hydrogen-bond donors (Lipinski definition) is 5. The van der Waals surface area contributed by atoms with Gasteiger partial charge in [0.25, 0.3) is 5.91 Å². The Labute approximate surface area is 272 Å². The number of nitrogens with two attached hydrogens (primary N) is 1. The van der Waals surface area contributed by atoms with Crippen molar-refractivity contribution >= 4 is 41.1 Å². The number of carbonyl (C=O) groups is 3. The fourth-order valence-corrected chi connectivity index (χ4v) is 4.79. The Morgan fingerprint density at radius 2 is 1.45 bits per heavy atom. The molecule has 0 radical (unpaired) electrons. The first-order chi connectivity index (χ1) is 22.1. The third kappa shape index (κ3) is 9.89. The van der Waals surface area contributed by atoms with E-state index in [1.54, 1.807) is 45.0 Å². The van der Waals surface area contributed by atoms with E-state index in [9.17, 15) is 14.4 Å². The molecule has 3 amide bonds. The molecule has 14 heteroatoms. The first-order valence-electron chi connectivity index (χ1n) is 14.8. The molecule has 5 rings (SSSR count). The molecule has 0 saturated heterocycles. The van der Waals surface area contributed by atoms with Crippen molar-refractivity contribution in [3.8, 4) is 0 Å². The normalized spacial score (nSPS) is 20.8. The van der Waals surface area contributed by atoms with Gasteiger partial charge in [0.2, 0.25) is 0 Å². The van der Waals surface area contributed by atoms with Crippen molar-refractivity contribution in [1.82, 2.24) is 10.6 Å². The van der Waals surface area contributed by atoms with Gasteiger partial charge in [-0.05, 0) is 82.1 Å². The number of rotatable bonds is 4. The number of alkyl carbamates (subject to hydrolysis) is 1. The molecule has 6 N–H and O–H groups in total. The highest BCUT2D eigenvalue weighted by Gasteiger charge is 2.33. The lowest BCUT2D eigenvalue weighted by molar-refractivity contribution is 0.0543. The second-order valence-corrected chi connectivity index (χ2v) is 12.3. The monoisotopic (exact) mass is 648 g/mol. The van der Waals surface area contributed by atoms with E-state index in [2.05, 4.69) is 25.9 Å². The highest BCUT2D eigenvalue weighted by Crippen LogP contribution is 2.31. The van der Waals surface area contributed by atoms with Crippen molar-refractivity contribution in [3.05, 3.63) is 83.8 Å². The number of carbonyl (C=O) groups excluding carboxylic acids is 2. The minimum atomic E-state index is -1.14. The number of amides is 3. The Balaban J connectivity index is 0.000000238. The number of nitrogen functional groups attached to an aromatic ring is 1. The maximum Gasteiger partial charge on any atom is 0.413 e. The van der Waals surface area contributed by atoms with E-state index in [0.29, 0.717) is 36.3 Å². The number of carboxylic acid groups (broad SMARTS) is 1. The minimum Gasteiger partial charge on any atom is -0.465 e. The SMILES string of the molecule is CC(C)(C)OC(=O)NC1=NC(C)(c2cccc(NC(=O)c3ccco3)c2)COC1.CC1(c2cccc(N)c2)COCC(NC(=O)O)=N1. The quantitative estimate of drug-likeness (QED) is 0.245. The molecule has 3 heterocycles. The summed E-state index contributed by atoms with van der Waals surface area (Å²) in [7, 11) is 0. The van der Waals surface area contributed by atoms with E-state index in [0.717, 1.165) is 11.1 Å². The molecule has 2 aliphatic heterocycles. The van der Waals surface area contributed by atoms with Gasteiger partial charge in [-0.25, -0.2) is 9.59 Å². The molecule has 2 aliphatic rings. The van der Waals surface area contributed by atoms with Crippen LogP contribution in [0.1, 0.15) is 56.3 Å². The summed E-state index contributed by atoms with van der Waals surface area (Å²) < 4.78 is 21.4. The van der Waals surface area contributed by atoms with Crippen molar-refractivity contribution in [1.29, 1.82) is 0 Å². The minimum absolute atomic E-state index is 0.171. The number of nitrogens with one attached hydrogen (secondary N) is 3. The van der Waals surface area contributed by atoms with E-state index >= 15 is 0 Å². The van der Waals surface area contributed by atoms with Crippen molar-refractivity contribution in [2.75, 3.05) is 37.5 Å². The van der Waals surface area contributed by atoms with E-state index in [-0.39, 0.29) is 24.9 Å². The van der Waals surface area contributed by atoms with Gasteiger partial charge in [0.05, 0.1) is 19.5 Å². The van der Waals surface area contributed by atoms with Crippen LogP contribution in [0, 0.1) is 0 Å². The molecule has 2 atom stereocenters. The summed E-state index contributed by atoms with van der Waals surface area (Å²) in [6, 6.07) is 17.9. The standard InChI is InChI=1S/C21H25N3O5.C12H15N3O3/c1-20(2,3)29-19(26)23-17-12-27-13-21(4,24-17)14-7-5-8-15(11-14)22-18(25)16-9-6-10-28-16;1-12(8-3-2-4-9(13)5-8)7-18-6-10(15-12)14-11(16)17/h5-11H,12-13H2,1-4H3,(H,22,25)(H,23,24,26);2-5H,6-7,13H2,1H3,(H,14,15)(H,16,17). The van der Waals surface area contributed by atoms with E-state index in [1.165, 1.54) is 6.26 Å². The summed E-state index contributed by atoms with van der Waals surface area (Å²) in [5.74, 6) is 0.578. The highest BCUT2D eigenvalue weighted by molar-refractivity contribution is 6.02. The van der Waals surface area contributed by atoms with E-state index < -0.39 is 28.9 Å². The summed E-state index contributed by atoms with van der Waals surface area (Å²) in [5.41, 5.74) is 6.76. The van der Waals surface area contributed by atoms with Crippen molar-refractivity contribution < 1.29 is 38.1 Å². The molecular formula is C33H40N6O8. The van der Waals surface area contributed by atoms with Crippen molar-refractivity contribution in [2.45, 2.75) is 51.3 Å². The van der Waals surface area contributed by atoms with Crippen LogP contribution in [0.4, 0.5) is 21.0 Å². The zero-order valence-electron chi connectivity index (χ0n) is 27.0. The van der Waals surface area contributed by atoms with Crippen LogP contribution in [0.5, 0.6) is 0 Å². The van der Waals surface area contributed by atoms with Crippen LogP contribution in [0.2, 0.25) is 0 Å². The predicted octanol–water partition coefficient (Wildman–Crippen LogP) is 4.88. The Morgan fingerprint density at radius 1 is 0.851 bits per heavy atom. The number of benzene rings is 2. The maximum absolute atomic E-state index is 12.2. The number of anilines is 2. The second-order valence-electron chi connectivity index (χ2n) is 12.3. The third-order valence-electron chi connectivity index (χ3n) is 6.90. The number of hydrogen-bond acceptors (Lipinski definition) is 10. The van der Waals surface area contributed by atoms with Gasteiger partial charge in [-0.15, -0.1) is 0 Å². The fourth-order valence-electron chi connectivity index (χ4n) is 4.79. The molecule has 0 spiro atoms. The Hall–Kier alpha value is -5.21. The van der Waals surface area contributed by atoms with Crippen molar-refractivity contribution in [2.24, 2.45) is 9.98 Å². The van der Waals surface area contributed by atoms with Crippen LogP contribution in [0.3, 0.4) is 0 Å². The summed E-state index contributed by atoms with van der Waals surface area (Å²) in [5, 5.41) is 16.4. The molecule has 3 aromatic rings. The maximum atomic E-state index is 12.2. The van der Waals surface area contributed by atoms with E-state index in [1.807, 2.05) is 50.2 Å². The summed E-state index contributed by atoms with van der Waals surface area (Å²) in [6.45, 7) is 10.2. The molecule has 250 valence electrons. The molecule has 2 unspecified atom stereocenters. The van der Waals surface area contributed by atoms with Gasteiger partial charge < -0.3 is 34.8 Å². The van der Waals surface area contributed by atoms with E-state index in [4.69, 9.17) is 29.5 Å². The van der Waals surface area contributed by atoms with Gasteiger partial charge in [-0.3, -0.25) is 25.4 Å². The first-order valence-corrected chi connectivity index (χ1v) is 14.8. The molecule has 0 bridgehead atoms. The lowest BCUT2D eigenvalue weighted by Crippen LogP contribution is -2.44. The second kappa shape index (κ2) is 14.5.